The van der Waals surface area contributed by atoms with Crippen molar-refractivity contribution in [2.75, 3.05) is 0 Å². The maximum Gasteiger partial charge on any atom is 0.282 e. The van der Waals surface area contributed by atoms with E-state index in [-0.39, 0.29) is 17.8 Å². The Morgan fingerprint density at radius 2 is 1.58 bits per heavy atom. The van der Waals surface area contributed by atoms with Gasteiger partial charge in [-0.1, -0.05) is 48.5 Å². The molecule has 0 saturated heterocycles. The lowest BCUT2D eigenvalue weighted by Crippen LogP contribution is -2.21. The second-order valence-electron chi connectivity index (χ2n) is 5.84. The van der Waals surface area contributed by atoms with E-state index in [1.165, 1.54) is 0 Å². The van der Waals surface area contributed by atoms with Crippen molar-refractivity contribution in [2.24, 2.45) is 0 Å². The number of carbonyl (C=O) groups is 1. The van der Waals surface area contributed by atoms with E-state index in [4.69, 9.17) is 0 Å². The van der Waals surface area contributed by atoms with E-state index in [0.717, 1.165) is 5.69 Å². The van der Waals surface area contributed by atoms with E-state index in [1.807, 2.05) is 48.5 Å². The van der Waals surface area contributed by atoms with Gasteiger partial charge in [0.2, 0.25) is 0 Å². The van der Waals surface area contributed by atoms with Crippen molar-refractivity contribution in [3.05, 3.63) is 101 Å². The Kier molecular flexibility index (Phi) is 4.11. The van der Waals surface area contributed by atoms with Crippen LogP contribution in [0.1, 0.15) is 16.2 Å². The molecule has 0 aliphatic carbocycles. The number of Topliss-reactive ketones (excluding diaryl/α,β-unsaturated/α-hetero) is 1. The normalized spacial score (nSPS) is 10.8. The highest BCUT2D eigenvalue weighted by Crippen LogP contribution is 2.17. The number of ketones is 1. The van der Waals surface area contributed by atoms with Crippen LogP contribution >= 0.6 is 0 Å². The molecule has 0 radical (unpaired) electrons. The molecule has 0 bridgehead atoms. The summed E-state index contributed by atoms with van der Waals surface area (Å²) < 4.78 is 1.78. The first-order valence-corrected chi connectivity index (χ1v) is 8.24. The summed E-state index contributed by atoms with van der Waals surface area (Å²) >= 11 is 0. The summed E-state index contributed by atoms with van der Waals surface area (Å²) in [6, 6.07) is 21.9. The zero-order valence-corrected chi connectivity index (χ0v) is 13.9. The fourth-order valence-corrected chi connectivity index (χ4v) is 2.93. The minimum atomic E-state index is -0.379. The third kappa shape index (κ3) is 2.91. The quantitative estimate of drug-likeness (QED) is 0.535. The van der Waals surface area contributed by atoms with Crippen molar-refractivity contribution >= 4 is 16.8 Å². The van der Waals surface area contributed by atoms with E-state index in [1.54, 1.807) is 35.0 Å². The van der Waals surface area contributed by atoms with Gasteiger partial charge in [-0.2, -0.15) is 4.98 Å². The van der Waals surface area contributed by atoms with Gasteiger partial charge in [0, 0.05) is 17.4 Å². The van der Waals surface area contributed by atoms with Crippen LogP contribution in [0.5, 0.6) is 0 Å². The summed E-state index contributed by atoms with van der Waals surface area (Å²) in [5.74, 6) is 0.277. The number of nitrogens with zero attached hydrogens (tertiary/aromatic N) is 3. The Morgan fingerprint density at radius 1 is 0.885 bits per heavy atom. The summed E-state index contributed by atoms with van der Waals surface area (Å²) in [6.45, 7) is 0. The third-order valence-corrected chi connectivity index (χ3v) is 4.15. The monoisotopic (exact) mass is 341 g/mol. The fraction of sp³-hybridized carbons (Fsp3) is 0.0476. The van der Waals surface area contributed by atoms with E-state index in [9.17, 15) is 9.59 Å². The topological polar surface area (TPSA) is 64.8 Å². The Hall–Kier alpha value is -3.60. The molecule has 0 saturated carbocycles. The number of benzene rings is 2. The van der Waals surface area contributed by atoms with Crippen LogP contribution in [0.15, 0.2) is 83.8 Å². The number of hydrogen-bond acceptors (Lipinski definition) is 4. The molecule has 2 aromatic heterocycles. The average Bonchev–Trinajstić information content (AvgIpc) is 2.69. The molecule has 4 rings (SSSR count). The molecule has 26 heavy (non-hydrogen) atoms. The summed E-state index contributed by atoms with van der Waals surface area (Å²) in [4.78, 5) is 33.7. The van der Waals surface area contributed by atoms with E-state index in [0.29, 0.717) is 22.4 Å². The van der Waals surface area contributed by atoms with Crippen molar-refractivity contribution in [1.82, 2.24) is 14.5 Å². The number of hydrogen-bond donors (Lipinski definition) is 0. The first-order chi connectivity index (χ1) is 12.7. The predicted molar refractivity (Wildman–Crippen MR) is 99.6 cm³/mol. The van der Waals surface area contributed by atoms with Gasteiger partial charge in [0.05, 0.1) is 11.8 Å². The minimum Gasteiger partial charge on any atom is -0.294 e. The van der Waals surface area contributed by atoms with Gasteiger partial charge < -0.3 is 0 Å². The van der Waals surface area contributed by atoms with Gasteiger partial charge in [0.1, 0.15) is 5.82 Å². The summed E-state index contributed by atoms with van der Waals surface area (Å²) in [5, 5.41) is 0.423. The molecule has 0 unspecified atom stereocenters. The number of pyridine rings is 1. The number of para-hydroxylation sites is 1. The molecule has 5 heteroatoms. The van der Waals surface area contributed by atoms with Crippen molar-refractivity contribution in [2.45, 2.75) is 6.42 Å². The largest absolute Gasteiger partial charge is 0.294 e. The van der Waals surface area contributed by atoms with Crippen LogP contribution in [-0.4, -0.2) is 20.3 Å². The SMILES string of the molecule is O=C(Cc1nc(=O)c2cccnc2n1-c1ccccc1)c1ccccc1. The van der Waals surface area contributed by atoms with Crippen molar-refractivity contribution < 1.29 is 4.79 Å². The molecule has 0 N–H and O–H groups in total. The molecular formula is C21H15N3O2. The van der Waals surface area contributed by atoms with Gasteiger partial charge >= 0.3 is 0 Å². The van der Waals surface area contributed by atoms with E-state index >= 15 is 0 Å². The fourth-order valence-electron chi connectivity index (χ4n) is 2.93. The zero-order valence-electron chi connectivity index (χ0n) is 13.9. The lowest BCUT2D eigenvalue weighted by atomic mass is 10.1. The Labute approximate surface area is 149 Å². The maximum absolute atomic E-state index is 12.7. The van der Waals surface area contributed by atoms with Crippen molar-refractivity contribution in [3.63, 3.8) is 0 Å². The number of rotatable bonds is 4. The molecule has 0 atom stereocenters. The molecular weight excluding hydrogens is 326 g/mol. The Bertz CT molecular complexity index is 1140. The third-order valence-electron chi connectivity index (χ3n) is 4.15. The molecule has 2 aromatic carbocycles. The van der Waals surface area contributed by atoms with E-state index < -0.39 is 0 Å². The lowest BCUT2D eigenvalue weighted by molar-refractivity contribution is 0.0990. The number of fused-ring (bicyclic) bond motifs is 1. The number of carbonyl (C=O) groups excluding carboxylic acids is 1. The van der Waals surface area contributed by atoms with Crippen molar-refractivity contribution in [3.8, 4) is 5.69 Å². The molecule has 0 aliphatic heterocycles. The molecule has 5 nitrogen and oxygen atoms in total. The molecule has 4 aromatic rings. The molecule has 0 spiro atoms. The van der Waals surface area contributed by atoms with Crippen LogP contribution in [0, 0.1) is 0 Å². The molecule has 0 aliphatic rings. The Balaban J connectivity index is 1.91. The highest BCUT2D eigenvalue weighted by molar-refractivity contribution is 5.97. The first-order valence-electron chi connectivity index (χ1n) is 8.24. The first kappa shape index (κ1) is 15.9. The van der Waals surface area contributed by atoms with Crippen molar-refractivity contribution in [1.29, 1.82) is 0 Å². The van der Waals surface area contributed by atoms with Gasteiger partial charge in [0.15, 0.2) is 11.4 Å². The zero-order chi connectivity index (χ0) is 17.9. The molecule has 0 amide bonds. The smallest absolute Gasteiger partial charge is 0.282 e. The highest BCUT2D eigenvalue weighted by atomic mass is 16.1. The van der Waals surface area contributed by atoms with Gasteiger partial charge in [-0.15, -0.1) is 0 Å². The van der Waals surface area contributed by atoms with Crippen LogP contribution in [0.4, 0.5) is 0 Å². The Morgan fingerprint density at radius 3 is 2.31 bits per heavy atom. The summed E-state index contributed by atoms with van der Waals surface area (Å²) in [6.07, 6.45) is 1.64. The summed E-state index contributed by atoms with van der Waals surface area (Å²) in [7, 11) is 0. The molecule has 126 valence electrons. The van der Waals surface area contributed by atoms with Gasteiger partial charge in [0.25, 0.3) is 5.56 Å². The van der Waals surface area contributed by atoms with Gasteiger partial charge in [-0.3, -0.25) is 14.2 Å². The van der Waals surface area contributed by atoms with Crippen LogP contribution < -0.4 is 5.56 Å². The minimum absolute atomic E-state index is 0.0145. The van der Waals surface area contributed by atoms with E-state index in [2.05, 4.69) is 9.97 Å². The second-order valence-corrected chi connectivity index (χ2v) is 5.84. The van der Waals surface area contributed by atoms with Gasteiger partial charge in [-0.05, 0) is 24.3 Å². The van der Waals surface area contributed by atoms with Crippen LogP contribution in [0.2, 0.25) is 0 Å². The lowest BCUT2D eigenvalue weighted by Gasteiger charge is -2.14. The van der Waals surface area contributed by atoms with Gasteiger partial charge in [-0.25, -0.2) is 4.98 Å². The highest BCUT2D eigenvalue weighted by Gasteiger charge is 2.16. The second kappa shape index (κ2) is 6.72. The standard InChI is InChI=1S/C21H15N3O2/c25-18(15-8-3-1-4-9-15)14-19-23-21(26)17-12-7-13-22-20(17)24(19)16-10-5-2-6-11-16/h1-13H,14H2. The molecule has 2 heterocycles. The van der Waals surface area contributed by atoms with Crippen LogP contribution in [0.3, 0.4) is 0 Å². The maximum atomic E-state index is 12.7. The molecule has 0 fully saturated rings. The average molecular weight is 341 g/mol. The van der Waals surface area contributed by atoms with Crippen LogP contribution in [0.25, 0.3) is 16.7 Å². The predicted octanol–water partition coefficient (Wildman–Crippen LogP) is 3.21. The number of aromatic nitrogens is 3. The summed E-state index contributed by atoms with van der Waals surface area (Å²) in [5.41, 5.74) is 1.51. The van der Waals surface area contributed by atoms with Crippen LogP contribution in [-0.2, 0) is 6.42 Å².